The molecule has 0 heteroatoms. The molecule has 60 heavy (non-hydrogen) atoms. The fourth-order valence-corrected chi connectivity index (χ4v) is 10.8. The number of hydrogen-bond donors (Lipinski definition) is 0. The van der Waals surface area contributed by atoms with E-state index in [1.54, 1.807) is 0 Å². The summed E-state index contributed by atoms with van der Waals surface area (Å²) in [6.07, 6.45) is 0. The van der Waals surface area contributed by atoms with Gasteiger partial charge in [-0.05, 0) is 143 Å². The Morgan fingerprint density at radius 3 is 0.917 bits per heavy atom. The van der Waals surface area contributed by atoms with Crippen LogP contribution in [0, 0.1) is 0 Å². The summed E-state index contributed by atoms with van der Waals surface area (Å²) in [5.41, 5.74) is 9.97. The van der Waals surface area contributed by atoms with Crippen LogP contribution in [0.2, 0.25) is 0 Å². The molecule has 0 aromatic heterocycles. The Hall–Kier alpha value is -7.80. The molecular formula is C60H36. The molecular weight excluding hydrogens is 721 g/mol. The molecule has 0 aliphatic heterocycles. The highest BCUT2D eigenvalue weighted by Crippen LogP contribution is 2.56. The van der Waals surface area contributed by atoms with Gasteiger partial charge in [-0.1, -0.05) is 206 Å². The summed E-state index contributed by atoms with van der Waals surface area (Å²) in [7, 11) is 0. The summed E-state index contributed by atoms with van der Waals surface area (Å²) < 4.78 is 0. The fraction of sp³-hybridized carbons (Fsp3) is 0. The molecule has 0 nitrogen and oxygen atoms in total. The predicted octanol–water partition coefficient (Wildman–Crippen LogP) is 17.0. The van der Waals surface area contributed by atoms with Crippen LogP contribution < -0.4 is 0 Å². The van der Waals surface area contributed by atoms with Crippen molar-refractivity contribution in [2.45, 2.75) is 0 Å². The maximum atomic E-state index is 2.51. The first-order chi connectivity index (χ1) is 29.8. The second-order valence-electron chi connectivity index (χ2n) is 16.2. The molecule has 0 heterocycles. The maximum Gasteiger partial charge on any atom is -0.000696 e. The van der Waals surface area contributed by atoms with Gasteiger partial charge in [0.15, 0.2) is 0 Å². The highest BCUT2D eigenvalue weighted by atomic mass is 14.3. The van der Waals surface area contributed by atoms with Crippen LogP contribution in [0.3, 0.4) is 0 Å². The van der Waals surface area contributed by atoms with E-state index in [4.69, 9.17) is 0 Å². The zero-order valence-corrected chi connectivity index (χ0v) is 32.8. The zero-order chi connectivity index (χ0) is 39.3. The highest BCUT2D eigenvalue weighted by molar-refractivity contribution is 6.49. The van der Waals surface area contributed by atoms with Crippen molar-refractivity contribution in [3.8, 4) is 44.5 Å². The number of fused-ring (bicyclic) bond motifs is 10. The predicted molar refractivity (Wildman–Crippen MR) is 259 cm³/mol. The van der Waals surface area contributed by atoms with Gasteiger partial charge in [0, 0.05) is 0 Å². The molecule has 0 amide bonds. The van der Waals surface area contributed by atoms with Crippen LogP contribution in [-0.2, 0) is 0 Å². The minimum atomic E-state index is 1.22. The van der Waals surface area contributed by atoms with Gasteiger partial charge in [0.05, 0.1) is 0 Å². The number of rotatable bonds is 4. The largest absolute Gasteiger partial charge is 0.0622 e. The summed E-state index contributed by atoms with van der Waals surface area (Å²) in [4.78, 5) is 0. The summed E-state index contributed by atoms with van der Waals surface area (Å²) >= 11 is 0. The van der Waals surface area contributed by atoms with Gasteiger partial charge in [-0.3, -0.25) is 0 Å². The molecule has 0 bridgehead atoms. The summed E-state index contributed by atoms with van der Waals surface area (Å²) in [6, 6.07) is 81.4. The Balaban J connectivity index is 1.39. The molecule has 0 aliphatic rings. The Kier molecular flexibility index (Phi) is 7.11. The molecule has 0 atom stereocenters. The van der Waals surface area contributed by atoms with Gasteiger partial charge in [-0.15, -0.1) is 0 Å². The van der Waals surface area contributed by atoms with E-state index in [1.807, 2.05) is 0 Å². The van der Waals surface area contributed by atoms with Gasteiger partial charge in [-0.25, -0.2) is 0 Å². The second-order valence-corrected chi connectivity index (χ2v) is 16.2. The quantitative estimate of drug-likeness (QED) is 0.124. The topological polar surface area (TPSA) is 0 Å². The van der Waals surface area contributed by atoms with Crippen molar-refractivity contribution in [1.82, 2.24) is 0 Å². The fourth-order valence-electron chi connectivity index (χ4n) is 10.8. The van der Waals surface area contributed by atoms with Crippen LogP contribution >= 0.6 is 0 Å². The van der Waals surface area contributed by atoms with Crippen molar-refractivity contribution in [2.24, 2.45) is 0 Å². The van der Waals surface area contributed by atoms with E-state index in [2.05, 4.69) is 218 Å². The standard InChI is InChI=1S/C60H36/c1-3-19-37(20-4-1)41-25-11-13-29-45(41)55-49-33-17-15-31-47(49)53-43-27-9-8-24-40(43)36-52-57(53)59(55)51-35-39-23-7-10-28-44(39)54-48-32-16-18-34-50(48)56(60(52)58(51)54)46-30-14-12-26-42(46)38-21-5-2-6-22-38/h1-36H. The molecule has 0 aliphatic carbocycles. The van der Waals surface area contributed by atoms with E-state index in [9.17, 15) is 0 Å². The minimum Gasteiger partial charge on any atom is -0.0622 e. The molecule has 13 rings (SSSR count). The third-order valence-electron chi connectivity index (χ3n) is 13.1. The highest BCUT2D eigenvalue weighted by Gasteiger charge is 2.27. The molecule has 0 fully saturated rings. The zero-order valence-electron chi connectivity index (χ0n) is 32.8. The normalized spacial score (nSPS) is 12.0. The maximum absolute atomic E-state index is 2.51. The number of hydrogen-bond acceptors (Lipinski definition) is 0. The molecule has 0 radical (unpaired) electrons. The van der Waals surface area contributed by atoms with E-state index in [0.29, 0.717) is 0 Å². The molecule has 0 unspecified atom stereocenters. The lowest BCUT2D eigenvalue weighted by molar-refractivity contribution is 1.61. The smallest absolute Gasteiger partial charge is 0.000696 e. The van der Waals surface area contributed by atoms with E-state index in [1.165, 1.54) is 131 Å². The molecule has 0 saturated carbocycles. The lowest BCUT2D eigenvalue weighted by atomic mass is 9.76. The van der Waals surface area contributed by atoms with Crippen molar-refractivity contribution < 1.29 is 0 Å². The first-order valence-corrected chi connectivity index (χ1v) is 20.9. The van der Waals surface area contributed by atoms with Gasteiger partial charge in [0.1, 0.15) is 0 Å². The summed E-state index contributed by atoms with van der Waals surface area (Å²) in [5.74, 6) is 0. The van der Waals surface area contributed by atoms with Crippen LogP contribution in [0.1, 0.15) is 0 Å². The first-order valence-electron chi connectivity index (χ1n) is 20.9. The van der Waals surface area contributed by atoms with Crippen LogP contribution in [0.25, 0.3) is 131 Å². The van der Waals surface area contributed by atoms with Crippen molar-refractivity contribution in [2.75, 3.05) is 0 Å². The molecule has 13 aromatic carbocycles. The second kappa shape index (κ2) is 12.9. The van der Waals surface area contributed by atoms with E-state index >= 15 is 0 Å². The molecule has 0 spiro atoms. The SMILES string of the molecule is c1ccc(-c2ccccc2-c2c3ccccc3c3c4ccccc4cc4c5c(-c6ccccc6-c6ccccc6)c6ccccc6c6c7ccccc7cc(c2c43)c56)cc1. The third kappa shape index (κ3) is 4.62. The van der Waals surface area contributed by atoms with Gasteiger partial charge in [0.25, 0.3) is 0 Å². The van der Waals surface area contributed by atoms with Gasteiger partial charge >= 0.3 is 0 Å². The van der Waals surface area contributed by atoms with Crippen LogP contribution in [-0.4, -0.2) is 0 Å². The van der Waals surface area contributed by atoms with Crippen molar-refractivity contribution >= 4 is 86.2 Å². The molecule has 13 aromatic rings. The Morgan fingerprint density at radius 1 is 0.183 bits per heavy atom. The van der Waals surface area contributed by atoms with E-state index in [0.717, 1.165) is 0 Å². The molecule has 0 saturated heterocycles. The minimum absolute atomic E-state index is 1.22. The van der Waals surface area contributed by atoms with Gasteiger partial charge in [-0.2, -0.15) is 0 Å². The molecule has 276 valence electrons. The van der Waals surface area contributed by atoms with Crippen LogP contribution in [0.4, 0.5) is 0 Å². The average Bonchev–Trinajstić information content (AvgIpc) is 3.32. The summed E-state index contributed by atoms with van der Waals surface area (Å²) in [5, 5.41) is 20.6. The van der Waals surface area contributed by atoms with Crippen LogP contribution in [0.15, 0.2) is 218 Å². The van der Waals surface area contributed by atoms with E-state index < -0.39 is 0 Å². The van der Waals surface area contributed by atoms with Crippen LogP contribution in [0.5, 0.6) is 0 Å². The lowest BCUT2D eigenvalue weighted by Gasteiger charge is -2.26. The van der Waals surface area contributed by atoms with Crippen molar-refractivity contribution in [3.63, 3.8) is 0 Å². The Labute approximate surface area is 347 Å². The number of benzene rings is 13. The monoisotopic (exact) mass is 756 g/mol. The molecule has 0 N–H and O–H groups in total. The average molecular weight is 757 g/mol. The Bertz CT molecular complexity index is 3600. The lowest BCUT2D eigenvalue weighted by Crippen LogP contribution is -1.98. The van der Waals surface area contributed by atoms with Gasteiger partial charge in [0.2, 0.25) is 0 Å². The summed E-state index contributed by atoms with van der Waals surface area (Å²) in [6.45, 7) is 0. The van der Waals surface area contributed by atoms with Gasteiger partial charge < -0.3 is 0 Å². The van der Waals surface area contributed by atoms with Crippen molar-refractivity contribution in [1.29, 1.82) is 0 Å². The first kappa shape index (κ1) is 33.2. The van der Waals surface area contributed by atoms with E-state index in [-0.39, 0.29) is 0 Å². The Morgan fingerprint density at radius 2 is 0.500 bits per heavy atom. The van der Waals surface area contributed by atoms with Crippen molar-refractivity contribution in [3.05, 3.63) is 218 Å². The third-order valence-corrected chi connectivity index (χ3v) is 13.1.